The maximum atomic E-state index is 9.51. The van der Waals surface area contributed by atoms with Crippen LogP contribution < -0.4 is 0 Å². The molecular formula is C11H11ClO. The highest BCUT2D eigenvalue weighted by Crippen LogP contribution is 2.27. The molecule has 0 spiro atoms. The average Bonchev–Trinajstić information content (AvgIpc) is 2.04. The topological polar surface area (TPSA) is 20.2 Å². The maximum absolute atomic E-state index is 9.51. The van der Waals surface area contributed by atoms with Crippen molar-refractivity contribution < 1.29 is 5.11 Å². The minimum absolute atomic E-state index is 0.163. The highest BCUT2D eigenvalue weighted by molar-refractivity contribution is 6.30. The van der Waals surface area contributed by atoms with Crippen LogP contribution in [0.1, 0.15) is 12.5 Å². The number of phenols is 1. The number of phenolic OH excluding ortho intramolecular Hbond substituents is 1. The molecule has 1 aromatic rings. The smallest absolute Gasteiger partial charge is 0.124 e. The molecule has 0 amide bonds. The van der Waals surface area contributed by atoms with E-state index in [1.807, 2.05) is 19.1 Å². The van der Waals surface area contributed by atoms with E-state index >= 15 is 0 Å². The molecule has 68 valence electrons. The molecule has 0 aliphatic heterocycles. The summed E-state index contributed by atoms with van der Waals surface area (Å²) in [6, 6.07) is 4.98. The van der Waals surface area contributed by atoms with E-state index in [2.05, 4.69) is 6.58 Å². The largest absolute Gasteiger partial charge is 0.507 e. The third-order valence-corrected chi connectivity index (χ3v) is 1.91. The number of rotatable bonds is 2. The Morgan fingerprint density at radius 1 is 1.54 bits per heavy atom. The van der Waals surface area contributed by atoms with Gasteiger partial charge in [0.25, 0.3) is 0 Å². The summed E-state index contributed by atoms with van der Waals surface area (Å²) in [6.45, 7) is 5.72. The summed E-state index contributed by atoms with van der Waals surface area (Å²) in [5.41, 5.74) is 1.49. The van der Waals surface area contributed by atoms with Crippen molar-refractivity contribution in [3.8, 4) is 5.75 Å². The predicted molar refractivity (Wildman–Crippen MR) is 57.0 cm³/mol. The number of hydrogen-bond donors (Lipinski definition) is 1. The van der Waals surface area contributed by atoms with Crippen molar-refractivity contribution in [1.82, 2.24) is 0 Å². The highest BCUT2D eigenvalue weighted by atomic mass is 35.5. The number of benzene rings is 1. The van der Waals surface area contributed by atoms with Gasteiger partial charge in [0.1, 0.15) is 5.75 Å². The molecule has 1 aromatic carbocycles. The van der Waals surface area contributed by atoms with Crippen molar-refractivity contribution in [3.63, 3.8) is 0 Å². The summed E-state index contributed by atoms with van der Waals surface area (Å²) in [5, 5.41) is 10.0. The zero-order chi connectivity index (χ0) is 9.84. The van der Waals surface area contributed by atoms with Crippen LogP contribution in [0.3, 0.4) is 0 Å². The van der Waals surface area contributed by atoms with Crippen LogP contribution in [0.25, 0.3) is 5.57 Å². The third-order valence-electron chi connectivity index (χ3n) is 1.67. The van der Waals surface area contributed by atoms with Gasteiger partial charge in [-0.05, 0) is 30.7 Å². The van der Waals surface area contributed by atoms with Gasteiger partial charge in [0.2, 0.25) is 0 Å². The van der Waals surface area contributed by atoms with Gasteiger partial charge in [0.15, 0.2) is 0 Å². The van der Waals surface area contributed by atoms with Crippen LogP contribution in [-0.2, 0) is 0 Å². The molecule has 0 atom stereocenters. The van der Waals surface area contributed by atoms with Gasteiger partial charge in [-0.25, -0.2) is 0 Å². The molecule has 1 N–H and O–H groups in total. The Bertz CT molecular complexity index is 353. The van der Waals surface area contributed by atoms with Crippen LogP contribution in [0.15, 0.2) is 36.9 Å². The Morgan fingerprint density at radius 3 is 2.77 bits per heavy atom. The van der Waals surface area contributed by atoms with E-state index in [0.29, 0.717) is 10.6 Å². The van der Waals surface area contributed by atoms with Crippen LogP contribution in [0.4, 0.5) is 0 Å². The van der Waals surface area contributed by atoms with Gasteiger partial charge < -0.3 is 5.11 Å². The number of allylic oxidation sites excluding steroid dienone is 3. The van der Waals surface area contributed by atoms with Gasteiger partial charge in [-0.3, -0.25) is 0 Å². The molecule has 13 heavy (non-hydrogen) atoms. The van der Waals surface area contributed by atoms with E-state index in [1.54, 1.807) is 12.1 Å². The average molecular weight is 195 g/mol. The van der Waals surface area contributed by atoms with Crippen molar-refractivity contribution >= 4 is 17.2 Å². The van der Waals surface area contributed by atoms with Crippen LogP contribution in [-0.4, -0.2) is 5.11 Å². The highest BCUT2D eigenvalue weighted by Gasteiger charge is 2.02. The van der Waals surface area contributed by atoms with Gasteiger partial charge >= 0.3 is 0 Å². The maximum Gasteiger partial charge on any atom is 0.124 e. The van der Waals surface area contributed by atoms with E-state index in [-0.39, 0.29) is 5.75 Å². The standard InChI is InChI=1S/C11H11ClO/c1-3-4-8(2)10-6-5-9(12)7-11(10)13/h3-7,13H,2H2,1H3/b4-3-. The quantitative estimate of drug-likeness (QED) is 0.713. The molecule has 0 aromatic heterocycles. The summed E-state index contributed by atoms with van der Waals surface area (Å²) in [4.78, 5) is 0. The van der Waals surface area contributed by atoms with Crippen LogP contribution in [0.5, 0.6) is 5.75 Å². The predicted octanol–water partition coefficient (Wildman–Crippen LogP) is 3.63. The molecule has 0 aliphatic carbocycles. The first-order valence-corrected chi connectivity index (χ1v) is 4.33. The molecule has 0 saturated heterocycles. The summed E-state index contributed by atoms with van der Waals surface area (Å²) < 4.78 is 0. The molecule has 1 rings (SSSR count). The van der Waals surface area contributed by atoms with Gasteiger partial charge in [0.05, 0.1) is 0 Å². The molecule has 0 heterocycles. The van der Waals surface area contributed by atoms with Crippen molar-refractivity contribution in [2.75, 3.05) is 0 Å². The summed E-state index contributed by atoms with van der Waals surface area (Å²) in [7, 11) is 0. The van der Waals surface area contributed by atoms with Crippen molar-refractivity contribution in [2.45, 2.75) is 6.92 Å². The second kappa shape index (κ2) is 4.15. The van der Waals surface area contributed by atoms with Crippen molar-refractivity contribution in [3.05, 3.63) is 47.5 Å². The fraction of sp³-hybridized carbons (Fsp3) is 0.0909. The third kappa shape index (κ3) is 2.36. The lowest BCUT2D eigenvalue weighted by Gasteiger charge is -2.03. The molecular weight excluding hydrogens is 184 g/mol. The van der Waals surface area contributed by atoms with E-state index in [9.17, 15) is 5.11 Å². The summed E-state index contributed by atoms with van der Waals surface area (Å²) in [5.74, 6) is 0.163. The normalized spacial score (nSPS) is 10.6. The van der Waals surface area contributed by atoms with Gasteiger partial charge in [0, 0.05) is 10.6 Å². The minimum Gasteiger partial charge on any atom is -0.507 e. The Morgan fingerprint density at radius 2 is 2.23 bits per heavy atom. The number of hydrogen-bond acceptors (Lipinski definition) is 1. The Labute approximate surface area is 83.0 Å². The molecule has 0 saturated carbocycles. The molecule has 2 heteroatoms. The van der Waals surface area contributed by atoms with Gasteiger partial charge in [-0.1, -0.05) is 30.3 Å². The van der Waals surface area contributed by atoms with Crippen LogP contribution in [0.2, 0.25) is 5.02 Å². The number of aromatic hydroxyl groups is 1. The molecule has 0 radical (unpaired) electrons. The molecule has 0 bridgehead atoms. The van der Waals surface area contributed by atoms with E-state index in [1.165, 1.54) is 6.07 Å². The van der Waals surface area contributed by atoms with Crippen molar-refractivity contribution in [2.24, 2.45) is 0 Å². The first-order valence-electron chi connectivity index (χ1n) is 3.95. The van der Waals surface area contributed by atoms with Gasteiger partial charge in [-0.15, -0.1) is 0 Å². The minimum atomic E-state index is 0.163. The van der Waals surface area contributed by atoms with Crippen LogP contribution >= 0.6 is 11.6 Å². The SMILES string of the molecule is C=C(/C=C\C)c1ccc(Cl)cc1O. The zero-order valence-electron chi connectivity index (χ0n) is 7.42. The van der Waals surface area contributed by atoms with Gasteiger partial charge in [-0.2, -0.15) is 0 Å². The Kier molecular flexibility index (Phi) is 3.15. The van der Waals surface area contributed by atoms with E-state index in [0.717, 1.165) is 5.57 Å². The Hall–Kier alpha value is -1.21. The lowest BCUT2D eigenvalue weighted by Crippen LogP contribution is -1.80. The lowest BCUT2D eigenvalue weighted by atomic mass is 10.1. The summed E-state index contributed by atoms with van der Waals surface area (Å²) in [6.07, 6.45) is 3.71. The summed E-state index contributed by atoms with van der Waals surface area (Å²) >= 11 is 5.69. The molecule has 0 fully saturated rings. The second-order valence-corrected chi connectivity index (χ2v) is 3.12. The fourth-order valence-corrected chi connectivity index (χ4v) is 1.23. The van der Waals surface area contributed by atoms with E-state index < -0.39 is 0 Å². The Balaban J connectivity index is 3.09. The molecule has 1 nitrogen and oxygen atoms in total. The first-order chi connectivity index (χ1) is 6.15. The fourth-order valence-electron chi connectivity index (χ4n) is 1.07. The monoisotopic (exact) mass is 194 g/mol. The van der Waals surface area contributed by atoms with Crippen LogP contribution in [0, 0.1) is 0 Å². The first kappa shape index (κ1) is 9.87. The number of halogens is 1. The lowest BCUT2D eigenvalue weighted by molar-refractivity contribution is 0.474. The molecule has 0 aliphatic rings. The van der Waals surface area contributed by atoms with Crippen molar-refractivity contribution in [1.29, 1.82) is 0 Å². The zero-order valence-corrected chi connectivity index (χ0v) is 8.17. The second-order valence-electron chi connectivity index (χ2n) is 2.69. The van der Waals surface area contributed by atoms with E-state index in [4.69, 9.17) is 11.6 Å². The molecule has 0 unspecified atom stereocenters.